The average molecular weight is 861 g/mol. The first-order valence-electron chi connectivity index (χ1n) is 23.5. The van der Waals surface area contributed by atoms with E-state index >= 15 is 0 Å². The summed E-state index contributed by atoms with van der Waals surface area (Å²) in [6.07, 6.45) is 74.5. The predicted molar refractivity (Wildman–Crippen MR) is 269 cm³/mol. The van der Waals surface area contributed by atoms with Crippen molar-refractivity contribution >= 4 is 17.9 Å². The summed E-state index contributed by atoms with van der Waals surface area (Å²) in [5, 5.41) is 0. The molecule has 0 aliphatic heterocycles. The summed E-state index contributed by atoms with van der Waals surface area (Å²) in [5.74, 6) is -1.11. The van der Waals surface area contributed by atoms with E-state index in [1.165, 1.54) is 0 Å². The number of esters is 3. The van der Waals surface area contributed by atoms with Crippen LogP contribution in [0.25, 0.3) is 0 Å². The van der Waals surface area contributed by atoms with Crippen molar-refractivity contribution < 1.29 is 28.6 Å². The number of carbonyl (C=O) groups is 3. The Morgan fingerprint density at radius 1 is 0.333 bits per heavy atom. The molecule has 0 bridgehead atoms. The van der Waals surface area contributed by atoms with Crippen molar-refractivity contribution in [2.75, 3.05) is 13.2 Å². The van der Waals surface area contributed by atoms with Gasteiger partial charge in [0.25, 0.3) is 0 Å². The number of hydrogen-bond donors (Lipinski definition) is 0. The van der Waals surface area contributed by atoms with Crippen LogP contribution in [-0.2, 0) is 28.6 Å². The van der Waals surface area contributed by atoms with Crippen LogP contribution in [0.4, 0.5) is 0 Å². The van der Waals surface area contributed by atoms with Crippen LogP contribution in [0.5, 0.6) is 0 Å². The summed E-state index contributed by atoms with van der Waals surface area (Å²) < 4.78 is 16.6. The van der Waals surface area contributed by atoms with Gasteiger partial charge in [-0.05, 0) is 83.5 Å². The Morgan fingerprint density at radius 3 is 1.10 bits per heavy atom. The smallest absolute Gasteiger partial charge is 0.306 e. The number of rotatable bonds is 38. The zero-order chi connectivity index (χ0) is 45.8. The number of ether oxygens (including phenoxy) is 3. The maximum Gasteiger partial charge on any atom is 0.306 e. The van der Waals surface area contributed by atoms with Crippen molar-refractivity contribution in [3.8, 4) is 0 Å². The minimum Gasteiger partial charge on any atom is -0.462 e. The molecular formula is C57H80O6. The van der Waals surface area contributed by atoms with E-state index in [1.54, 1.807) is 0 Å². The highest BCUT2D eigenvalue weighted by Crippen LogP contribution is 2.10. The van der Waals surface area contributed by atoms with E-state index in [-0.39, 0.29) is 50.4 Å². The van der Waals surface area contributed by atoms with Gasteiger partial charge in [-0.3, -0.25) is 14.4 Å². The Bertz CT molecular complexity index is 1600. The summed E-state index contributed by atoms with van der Waals surface area (Å²) in [6, 6.07) is 0. The summed E-state index contributed by atoms with van der Waals surface area (Å²) >= 11 is 0. The van der Waals surface area contributed by atoms with Crippen LogP contribution in [0.1, 0.15) is 136 Å². The van der Waals surface area contributed by atoms with E-state index in [4.69, 9.17) is 14.2 Å². The zero-order valence-electron chi connectivity index (χ0n) is 39.0. The van der Waals surface area contributed by atoms with Crippen LogP contribution >= 0.6 is 0 Å². The molecule has 0 aliphatic carbocycles. The van der Waals surface area contributed by atoms with Gasteiger partial charge in [-0.15, -0.1) is 0 Å². The first kappa shape index (κ1) is 57.5. The molecule has 0 amide bonds. The molecule has 1 unspecified atom stereocenters. The molecule has 1 atom stereocenters. The van der Waals surface area contributed by atoms with Gasteiger partial charge in [0.15, 0.2) is 6.10 Å². The quantitative estimate of drug-likeness (QED) is 0.0202. The van der Waals surface area contributed by atoms with Gasteiger partial charge in [-0.1, -0.05) is 216 Å². The fourth-order valence-corrected chi connectivity index (χ4v) is 5.29. The van der Waals surface area contributed by atoms with Crippen LogP contribution in [0.3, 0.4) is 0 Å². The number of unbranched alkanes of at least 4 members (excludes halogenated alkanes) is 7. The molecule has 0 fully saturated rings. The maximum absolute atomic E-state index is 12.7. The first-order valence-corrected chi connectivity index (χ1v) is 23.5. The highest BCUT2D eigenvalue weighted by atomic mass is 16.6. The normalized spacial score (nSPS) is 13.8. The van der Waals surface area contributed by atoms with Crippen molar-refractivity contribution in [2.45, 2.75) is 142 Å². The Labute approximate surface area is 383 Å². The third kappa shape index (κ3) is 47.4. The van der Waals surface area contributed by atoms with Crippen LogP contribution in [-0.4, -0.2) is 37.2 Å². The molecule has 0 aromatic heterocycles. The van der Waals surface area contributed by atoms with Gasteiger partial charge >= 0.3 is 17.9 Å². The summed E-state index contributed by atoms with van der Waals surface area (Å²) in [5.41, 5.74) is 0. The van der Waals surface area contributed by atoms with Crippen LogP contribution in [0, 0.1) is 0 Å². The number of carbonyl (C=O) groups excluding carboxylic acids is 3. The maximum atomic E-state index is 12.7. The van der Waals surface area contributed by atoms with Crippen LogP contribution in [0.15, 0.2) is 182 Å². The van der Waals surface area contributed by atoms with Crippen molar-refractivity contribution in [3.05, 3.63) is 182 Å². The Kier molecular flexibility index (Phi) is 44.9. The first-order chi connectivity index (χ1) is 31.0. The fourth-order valence-electron chi connectivity index (χ4n) is 5.29. The highest BCUT2D eigenvalue weighted by molar-refractivity contribution is 5.71. The van der Waals surface area contributed by atoms with Crippen molar-refractivity contribution in [2.24, 2.45) is 0 Å². The molecule has 0 radical (unpaired) electrons. The number of allylic oxidation sites excluding steroid dienone is 30. The van der Waals surface area contributed by atoms with E-state index < -0.39 is 6.10 Å². The molecule has 0 rings (SSSR count). The standard InChI is InChI=1S/C57H80O6/c1-4-7-10-13-16-19-22-24-26-27-28-29-31-32-35-38-41-44-47-50-56(59)62-53-54(52-61-55(58)49-46-43-40-37-34-21-18-15-12-9-6-3)63-57(60)51-48-45-42-39-36-33-30-25-23-20-17-14-11-8-5-2/h7-14,16-33,35-37,40,54H,4-6,15,34,38-39,41-53H2,1-3H3/b10-7-,11-8-,12-9-,16-13-,17-14-,21-18-,22-19-,23-20-,26-24-,28-27+,30-25-,31-29-,35-32-,36-33-,40-37-. The summed E-state index contributed by atoms with van der Waals surface area (Å²) in [4.78, 5) is 37.8. The van der Waals surface area contributed by atoms with E-state index in [1.807, 2.05) is 122 Å². The van der Waals surface area contributed by atoms with Crippen molar-refractivity contribution in [3.63, 3.8) is 0 Å². The highest BCUT2D eigenvalue weighted by Gasteiger charge is 2.19. The third-order valence-corrected chi connectivity index (χ3v) is 8.71. The van der Waals surface area contributed by atoms with Crippen LogP contribution in [0.2, 0.25) is 0 Å². The largest absolute Gasteiger partial charge is 0.462 e. The molecule has 0 spiro atoms. The summed E-state index contributed by atoms with van der Waals surface area (Å²) in [6.45, 7) is 6.05. The zero-order valence-corrected chi connectivity index (χ0v) is 39.0. The topological polar surface area (TPSA) is 78.9 Å². The SMILES string of the molecule is CC\C=C/C=C\C=C/C=C\C=C/CCCCCC(=O)OC(COC(=O)CCC/C=C\C/C=C\C/C=C\CC)COC(=O)CCCCC\C=C/C=C\C=C\C=C/C=C\C=C/C=C\CC. The van der Waals surface area contributed by atoms with Gasteiger partial charge in [0, 0.05) is 19.3 Å². The lowest BCUT2D eigenvalue weighted by molar-refractivity contribution is -0.167. The molecule has 0 aliphatic rings. The molecule has 0 heterocycles. The second-order valence-corrected chi connectivity index (χ2v) is 14.5. The minimum absolute atomic E-state index is 0.146. The van der Waals surface area contributed by atoms with E-state index in [2.05, 4.69) is 81.5 Å². The molecule has 6 nitrogen and oxygen atoms in total. The third-order valence-electron chi connectivity index (χ3n) is 8.71. The lowest BCUT2D eigenvalue weighted by Crippen LogP contribution is -2.30. The Morgan fingerprint density at radius 2 is 0.667 bits per heavy atom. The lowest BCUT2D eigenvalue weighted by Gasteiger charge is -2.18. The average Bonchev–Trinajstić information content (AvgIpc) is 3.28. The van der Waals surface area contributed by atoms with Gasteiger partial charge in [0.2, 0.25) is 0 Å². The lowest BCUT2D eigenvalue weighted by atomic mass is 10.1. The van der Waals surface area contributed by atoms with E-state index in [9.17, 15) is 14.4 Å². The Hall–Kier alpha value is -5.49. The second-order valence-electron chi connectivity index (χ2n) is 14.5. The molecule has 0 aromatic carbocycles. The van der Waals surface area contributed by atoms with Gasteiger partial charge < -0.3 is 14.2 Å². The van der Waals surface area contributed by atoms with Gasteiger partial charge in [-0.2, -0.15) is 0 Å². The predicted octanol–water partition coefficient (Wildman–Crippen LogP) is 15.4. The molecule has 63 heavy (non-hydrogen) atoms. The van der Waals surface area contributed by atoms with Crippen molar-refractivity contribution in [1.82, 2.24) is 0 Å². The molecule has 344 valence electrons. The van der Waals surface area contributed by atoms with E-state index in [0.717, 1.165) is 77.0 Å². The second kappa shape index (κ2) is 49.2. The molecule has 6 heteroatoms. The fraction of sp³-hybridized carbons (Fsp3) is 0.421. The molecule has 0 saturated heterocycles. The monoisotopic (exact) mass is 861 g/mol. The van der Waals surface area contributed by atoms with Gasteiger partial charge in [0.1, 0.15) is 13.2 Å². The molecule has 0 N–H and O–H groups in total. The molecule has 0 aromatic rings. The molecule has 0 saturated carbocycles. The minimum atomic E-state index is -0.849. The Balaban J connectivity index is 4.67. The van der Waals surface area contributed by atoms with Gasteiger partial charge in [0.05, 0.1) is 0 Å². The van der Waals surface area contributed by atoms with Crippen molar-refractivity contribution in [1.29, 1.82) is 0 Å². The summed E-state index contributed by atoms with van der Waals surface area (Å²) in [7, 11) is 0. The van der Waals surface area contributed by atoms with Gasteiger partial charge in [-0.25, -0.2) is 0 Å². The molecular weight excluding hydrogens is 781 g/mol. The van der Waals surface area contributed by atoms with Crippen LogP contribution < -0.4 is 0 Å². The van der Waals surface area contributed by atoms with E-state index in [0.29, 0.717) is 19.3 Å². The number of hydrogen-bond acceptors (Lipinski definition) is 6.